The van der Waals surface area contributed by atoms with Crippen molar-refractivity contribution in [3.8, 4) is 17.1 Å². The average Bonchev–Trinajstić information content (AvgIpc) is 2.98. The summed E-state index contributed by atoms with van der Waals surface area (Å²) in [6, 6.07) is 9.90. The Balaban J connectivity index is 1.62. The summed E-state index contributed by atoms with van der Waals surface area (Å²) in [5, 5.41) is 13.2. The van der Waals surface area contributed by atoms with Gasteiger partial charge in [0.15, 0.2) is 17.4 Å². The summed E-state index contributed by atoms with van der Waals surface area (Å²) in [6.07, 6.45) is 1.49. The van der Waals surface area contributed by atoms with Crippen molar-refractivity contribution in [2.24, 2.45) is 0 Å². The molecule has 0 atom stereocenters. The van der Waals surface area contributed by atoms with E-state index in [1.807, 2.05) is 13.8 Å². The summed E-state index contributed by atoms with van der Waals surface area (Å²) in [5.74, 6) is 0.614. The third-order valence-electron chi connectivity index (χ3n) is 4.48. The van der Waals surface area contributed by atoms with Gasteiger partial charge in [0.1, 0.15) is 10.6 Å². The highest BCUT2D eigenvalue weighted by molar-refractivity contribution is 7.18. The van der Waals surface area contributed by atoms with E-state index in [1.165, 1.54) is 12.3 Å². The van der Waals surface area contributed by atoms with Gasteiger partial charge in [-0.05, 0) is 43.7 Å². The van der Waals surface area contributed by atoms with E-state index in [-0.39, 0.29) is 17.5 Å². The van der Waals surface area contributed by atoms with Crippen LogP contribution in [-0.4, -0.2) is 26.0 Å². The molecule has 1 amide bonds. The number of aromatic nitrogens is 3. The quantitative estimate of drug-likeness (QED) is 0.488. The average molecular weight is 391 g/mol. The van der Waals surface area contributed by atoms with E-state index in [0.29, 0.717) is 17.2 Å². The fourth-order valence-electron chi connectivity index (χ4n) is 2.85. The van der Waals surface area contributed by atoms with Crippen LogP contribution >= 0.6 is 11.3 Å². The Morgan fingerprint density at radius 1 is 1.14 bits per heavy atom. The van der Waals surface area contributed by atoms with Crippen molar-refractivity contribution in [3.63, 3.8) is 0 Å². The predicted molar refractivity (Wildman–Crippen MR) is 111 cm³/mol. The number of hydrogen-bond acceptors (Lipinski definition) is 7. The largest absolute Gasteiger partial charge is 0.504 e. The van der Waals surface area contributed by atoms with Crippen LogP contribution in [0.5, 0.6) is 5.75 Å². The van der Waals surface area contributed by atoms with E-state index in [0.717, 1.165) is 26.2 Å². The van der Waals surface area contributed by atoms with Crippen LogP contribution in [-0.2, 0) is 0 Å². The molecule has 4 rings (SSSR count). The lowest BCUT2D eigenvalue weighted by molar-refractivity contribution is 0.102. The van der Waals surface area contributed by atoms with E-state index in [9.17, 15) is 9.90 Å². The third kappa shape index (κ3) is 3.14. The molecule has 8 heteroatoms. The Kier molecular flexibility index (Phi) is 4.40. The smallest absolute Gasteiger partial charge is 0.256 e. The van der Waals surface area contributed by atoms with Gasteiger partial charge in [-0.3, -0.25) is 4.79 Å². The molecule has 0 bridgehead atoms. The van der Waals surface area contributed by atoms with Gasteiger partial charge in [0.2, 0.25) is 0 Å². The van der Waals surface area contributed by atoms with Gasteiger partial charge in [-0.2, -0.15) is 0 Å². The molecule has 28 heavy (non-hydrogen) atoms. The standard InChI is InChI=1S/C20H17N5O2S/c1-10-11(2)28-20-15(10)16(21)23-17(25-20)12-5-7-13(8-6-12)19(27)24-18-14(26)4-3-9-22-18/h3-9,26H,1-2H3,(H2,21,23,25)(H,22,24,27). The molecule has 0 radical (unpaired) electrons. The zero-order valence-corrected chi connectivity index (χ0v) is 16.0. The molecule has 4 aromatic rings. The molecule has 0 aliphatic heterocycles. The van der Waals surface area contributed by atoms with Crippen molar-refractivity contribution in [1.29, 1.82) is 0 Å². The first-order chi connectivity index (χ1) is 13.4. The van der Waals surface area contributed by atoms with Gasteiger partial charge in [-0.15, -0.1) is 11.3 Å². The number of carbonyl (C=O) groups excluding carboxylic acids is 1. The number of nitrogens with zero attached hydrogens (tertiary/aromatic N) is 3. The van der Waals surface area contributed by atoms with Crippen molar-refractivity contribution < 1.29 is 9.90 Å². The maximum atomic E-state index is 12.4. The lowest BCUT2D eigenvalue weighted by atomic mass is 10.1. The minimum atomic E-state index is -0.374. The van der Waals surface area contributed by atoms with Gasteiger partial charge >= 0.3 is 0 Å². The lowest BCUT2D eigenvalue weighted by Gasteiger charge is -2.07. The Hall–Kier alpha value is -3.52. The first kappa shape index (κ1) is 17.9. The number of benzene rings is 1. The highest BCUT2D eigenvalue weighted by atomic mass is 32.1. The number of carbonyl (C=O) groups is 1. The fourth-order valence-corrected chi connectivity index (χ4v) is 3.89. The second kappa shape index (κ2) is 6.90. The van der Waals surface area contributed by atoms with Gasteiger partial charge in [-0.1, -0.05) is 12.1 Å². The first-order valence-electron chi connectivity index (χ1n) is 8.53. The summed E-state index contributed by atoms with van der Waals surface area (Å²) in [6.45, 7) is 4.05. The molecule has 0 fully saturated rings. The van der Waals surface area contributed by atoms with Gasteiger partial charge in [0.25, 0.3) is 5.91 Å². The van der Waals surface area contributed by atoms with E-state index in [2.05, 4.69) is 20.3 Å². The zero-order chi connectivity index (χ0) is 19.8. The van der Waals surface area contributed by atoms with Gasteiger partial charge in [-0.25, -0.2) is 15.0 Å². The molecule has 0 aliphatic carbocycles. The molecule has 0 saturated carbocycles. The van der Waals surface area contributed by atoms with Gasteiger partial charge in [0.05, 0.1) is 5.39 Å². The number of anilines is 2. The number of amides is 1. The lowest BCUT2D eigenvalue weighted by Crippen LogP contribution is -2.12. The summed E-state index contributed by atoms with van der Waals surface area (Å²) in [7, 11) is 0. The molecule has 3 aromatic heterocycles. The molecule has 3 heterocycles. The summed E-state index contributed by atoms with van der Waals surface area (Å²) in [4.78, 5) is 27.4. The number of rotatable bonds is 3. The monoisotopic (exact) mass is 391 g/mol. The number of aromatic hydroxyl groups is 1. The predicted octanol–water partition coefficient (Wildman–Crippen LogP) is 3.91. The number of thiophene rings is 1. The van der Waals surface area contributed by atoms with E-state index >= 15 is 0 Å². The van der Waals surface area contributed by atoms with Crippen LogP contribution < -0.4 is 11.1 Å². The molecule has 0 aliphatic rings. The SMILES string of the molecule is Cc1sc2nc(-c3ccc(C(=O)Nc4ncccc4O)cc3)nc(N)c2c1C. The number of fused-ring (bicyclic) bond motifs is 1. The molecule has 0 spiro atoms. The minimum absolute atomic E-state index is 0.0915. The van der Waals surface area contributed by atoms with Crippen LogP contribution in [0.15, 0.2) is 42.6 Å². The zero-order valence-electron chi connectivity index (χ0n) is 15.2. The van der Waals surface area contributed by atoms with Crippen LogP contribution in [0, 0.1) is 13.8 Å². The Bertz CT molecular complexity index is 1200. The molecule has 1 aromatic carbocycles. The second-order valence-electron chi connectivity index (χ2n) is 6.30. The Morgan fingerprint density at radius 2 is 1.89 bits per heavy atom. The number of aryl methyl sites for hydroxylation is 2. The Labute approximate surface area is 164 Å². The third-order valence-corrected chi connectivity index (χ3v) is 5.58. The highest BCUT2D eigenvalue weighted by Gasteiger charge is 2.14. The minimum Gasteiger partial charge on any atom is -0.504 e. The number of nitrogens with one attached hydrogen (secondary N) is 1. The molecule has 4 N–H and O–H groups in total. The molecular formula is C20H17N5O2S. The molecular weight excluding hydrogens is 374 g/mol. The maximum absolute atomic E-state index is 12.4. The molecule has 0 saturated heterocycles. The van der Waals surface area contributed by atoms with Crippen molar-refractivity contribution in [3.05, 3.63) is 58.6 Å². The first-order valence-corrected chi connectivity index (χ1v) is 9.34. The molecule has 7 nitrogen and oxygen atoms in total. The van der Waals surface area contributed by atoms with Crippen molar-refractivity contribution in [1.82, 2.24) is 15.0 Å². The van der Waals surface area contributed by atoms with Crippen molar-refractivity contribution in [2.75, 3.05) is 11.1 Å². The number of hydrogen-bond donors (Lipinski definition) is 3. The summed E-state index contributed by atoms with van der Waals surface area (Å²) >= 11 is 1.59. The molecule has 0 unspecified atom stereocenters. The van der Waals surface area contributed by atoms with Crippen LogP contribution in [0.2, 0.25) is 0 Å². The summed E-state index contributed by atoms with van der Waals surface area (Å²) in [5.41, 5.74) is 8.43. The van der Waals surface area contributed by atoms with Crippen molar-refractivity contribution in [2.45, 2.75) is 13.8 Å². The van der Waals surface area contributed by atoms with Crippen LogP contribution in [0.4, 0.5) is 11.6 Å². The second-order valence-corrected chi connectivity index (χ2v) is 7.50. The maximum Gasteiger partial charge on any atom is 0.256 e. The topological polar surface area (TPSA) is 114 Å². The van der Waals surface area contributed by atoms with Gasteiger partial charge < -0.3 is 16.2 Å². The van der Waals surface area contributed by atoms with Crippen LogP contribution in [0.3, 0.4) is 0 Å². The summed E-state index contributed by atoms with van der Waals surface area (Å²) < 4.78 is 0. The van der Waals surface area contributed by atoms with E-state index < -0.39 is 0 Å². The number of pyridine rings is 1. The van der Waals surface area contributed by atoms with Crippen molar-refractivity contribution >= 4 is 39.1 Å². The normalized spacial score (nSPS) is 10.9. The van der Waals surface area contributed by atoms with E-state index in [1.54, 1.807) is 41.7 Å². The number of nitrogen functional groups attached to an aromatic ring is 1. The molecule has 140 valence electrons. The Morgan fingerprint density at radius 3 is 2.61 bits per heavy atom. The van der Waals surface area contributed by atoms with E-state index in [4.69, 9.17) is 5.73 Å². The van der Waals surface area contributed by atoms with Crippen LogP contribution in [0.1, 0.15) is 20.8 Å². The van der Waals surface area contributed by atoms with Crippen LogP contribution in [0.25, 0.3) is 21.6 Å². The highest BCUT2D eigenvalue weighted by Crippen LogP contribution is 2.33. The van der Waals surface area contributed by atoms with Gasteiger partial charge in [0, 0.05) is 22.2 Å². The fraction of sp³-hybridized carbons (Fsp3) is 0.100. The number of nitrogens with two attached hydrogens (primary N) is 1.